The molecule has 0 radical (unpaired) electrons. The molecule has 3 rings (SSSR count). The smallest absolute Gasteiger partial charge is 0.202 e. The molecule has 0 amide bonds. The third-order valence-corrected chi connectivity index (χ3v) is 13.5. The first-order chi connectivity index (χ1) is 30.4. The fourth-order valence-corrected chi connectivity index (χ4v) is 9.39. The Morgan fingerprint density at radius 2 is 0.839 bits per heavy atom. The SMILES string of the molecule is CCCCCCCCCCCCCCCCCCN(CC)C1=CC(=O)/C(=C2\C(=O)C(c3ccc(N(CC)CCCCCCCCCCCCCCCCCC)cc3O)=C2O)C=C1. The van der Waals surface area contributed by atoms with E-state index >= 15 is 0 Å². The Morgan fingerprint density at radius 3 is 1.19 bits per heavy atom. The molecule has 0 heterocycles. The lowest BCUT2D eigenvalue weighted by Crippen LogP contribution is -2.28. The first kappa shape index (κ1) is 53.1. The number of anilines is 1. The zero-order valence-electron chi connectivity index (χ0n) is 40.5. The maximum atomic E-state index is 13.5. The van der Waals surface area contributed by atoms with Crippen LogP contribution >= 0.6 is 0 Å². The number of hydrogen-bond donors (Lipinski definition) is 2. The number of phenols is 1. The van der Waals surface area contributed by atoms with E-state index in [2.05, 4.69) is 37.5 Å². The number of carbonyl (C=O) groups is 2. The van der Waals surface area contributed by atoms with E-state index < -0.39 is 5.78 Å². The molecule has 0 aromatic heterocycles. The molecule has 0 atom stereocenters. The molecular weight excluding hydrogens is 765 g/mol. The number of nitrogens with zero attached hydrogens (tertiary/aromatic N) is 2. The maximum absolute atomic E-state index is 13.5. The maximum Gasteiger partial charge on any atom is 0.202 e. The van der Waals surface area contributed by atoms with Crippen LogP contribution in [-0.4, -0.2) is 52.9 Å². The molecule has 6 heteroatoms. The molecule has 6 nitrogen and oxygen atoms in total. The molecule has 0 bridgehead atoms. The third kappa shape index (κ3) is 19.6. The van der Waals surface area contributed by atoms with Crippen molar-refractivity contribution in [3.63, 3.8) is 0 Å². The van der Waals surface area contributed by atoms with Gasteiger partial charge in [0.05, 0.1) is 11.1 Å². The monoisotopic (exact) mass is 857 g/mol. The van der Waals surface area contributed by atoms with Crippen LogP contribution in [0.5, 0.6) is 5.75 Å². The zero-order valence-corrected chi connectivity index (χ0v) is 40.5. The van der Waals surface area contributed by atoms with E-state index in [1.807, 2.05) is 12.1 Å². The first-order valence-corrected chi connectivity index (χ1v) is 26.4. The Bertz CT molecular complexity index is 1540. The number of carbonyl (C=O) groups excluding carboxylic acids is 2. The Morgan fingerprint density at radius 1 is 0.452 bits per heavy atom. The van der Waals surface area contributed by atoms with Crippen molar-refractivity contribution in [3.8, 4) is 5.75 Å². The van der Waals surface area contributed by atoms with E-state index in [4.69, 9.17) is 0 Å². The summed E-state index contributed by atoms with van der Waals surface area (Å²) in [5.41, 5.74) is 2.39. The van der Waals surface area contributed by atoms with Crippen molar-refractivity contribution in [2.45, 2.75) is 233 Å². The van der Waals surface area contributed by atoms with Gasteiger partial charge in [-0.3, -0.25) is 9.59 Å². The lowest BCUT2D eigenvalue weighted by molar-refractivity contribution is -0.114. The summed E-state index contributed by atoms with van der Waals surface area (Å²) < 4.78 is 0. The number of benzene rings is 1. The largest absolute Gasteiger partial charge is 0.507 e. The second-order valence-electron chi connectivity index (χ2n) is 18.6. The van der Waals surface area contributed by atoms with Gasteiger partial charge in [-0.15, -0.1) is 0 Å². The van der Waals surface area contributed by atoms with Crippen LogP contribution in [-0.2, 0) is 9.59 Å². The number of aliphatic hydroxyl groups excluding tert-OH is 1. The number of phenolic OH excluding ortho intramolecular Hbond substituents is 1. The van der Waals surface area contributed by atoms with Gasteiger partial charge >= 0.3 is 0 Å². The van der Waals surface area contributed by atoms with Crippen molar-refractivity contribution in [2.24, 2.45) is 0 Å². The molecule has 0 aliphatic heterocycles. The minimum absolute atomic E-state index is 0.0350. The van der Waals surface area contributed by atoms with Crippen molar-refractivity contribution in [3.05, 3.63) is 64.6 Å². The van der Waals surface area contributed by atoms with Gasteiger partial charge in [0, 0.05) is 60.8 Å². The normalized spacial score (nSPS) is 15.1. The Balaban J connectivity index is 1.34. The van der Waals surface area contributed by atoms with Gasteiger partial charge < -0.3 is 20.0 Å². The number of hydrogen-bond acceptors (Lipinski definition) is 6. The minimum atomic E-state index is -0.406. The summed E-state index contributed by atoms with van der Waals surface area (Å²) in [5.74, 6) is -0.929. The molecule has 0 unspecified atom stereocenters. The van der Waals surface area contributed by atoms with E-state index in [9.17, 15) is 19.8 Å². The van der Waals surface area contributed by atoms with Gasteiger partial charge in [0.15, 0.2) is 5.78 Å². The quantitative estimate of drug-likeness (QED) is 0.0507. The minimum Gasteiger partial charge on any atom is -0.507 e. The summed E-state index contributed by atoms with van der Waals surface area (Å²) in [5, 5.41) is 22.2. The van der Waals surface area contributed by atoms with Crippen LogP contribution in [0.15, 0.2) is 59.0 Å². The average molecular weight is 857 g/mol. The molecule has 0 saturated carbocycles. The fraction of sp³-hybridized carbons (Fsp3) is 0.714. The molecule has 62 heavy (non-hydrogen) atoms. The number of allylic oxidation sites excluding steroid dienone is 6. The van der Waals surface area contributed by atoms with E-state index in [-0.39, 0.29) is 34.0 Å². The highest BCUT2D eigenvalue weighted by Crippen LogP contribution is 2.43. The molecule has 0 saturated heterocycles. The molecule has 0 fully saturated rings. The second kappa shape index (κ2) is 33.3. The Kier molecular flexibility index (Phi) is 28.5. The predicted molar refractivity (Wildman–Crippen MR) is 266 cm³/mol. The topological polar surface area (TPSA) is 81.1 Å². The lowest BCUT2D eigenvalue weighted by Gasteiger charge is -2.28. The van der Waals surface area contributed by atoms with Gasteiger partial charge in [-0.05, 0) is 51.0 Å². The number of rotatable bonds is 39. The fourth-order valence-electron chi connectivity index (χ4n) is 9.39. The number of ketones is 2. The third-order valence-electron chi connectivity index (χ3n) is 13.5. The summed E-state index contributed by atoms with van der Waals surface area (Å²) >= 11 is 0. The van der Waals surface area contributed by atoms with Crippen LogP contribution in [0.1, 0.15) is 239 Å². The van der Waals surface area contributed by atoms with Gasteiger partial charge in [0.2, 0.25) is 5.78 Å². The summed E-state index contributed by atoms with van der Waals surface area (Å²) in [4.78, 5) is 31.3. The highest BCUT2D eigenvalue weighted by atomic mass is 16.3. The predicted octanol–water partition coefficient (Wildman–Crippen LogP) is 16.2. The number of likely N-dealkylation sites (N-methyl/N-ethyl adjacent to an activating group) is 1. The van der Waals surface area contributed by atoms with Crippen molar-refractivity contribution in [1.82, 2.24) is 4.90 Å². The van der Waals surface area contributed by atoms with Crippen molar-refractivity contribution in [2.75, 3.05) is 31.1 Å². The number of aromatic hydroxyl groups is 1. The van der Waals surface area contributed by atoms with E-state index in [1.165, 1.54) is 193 Å². The molecule has 2 aliphatic rings. The van der Waals surface area contributed by atoms with Crippen LogP contribution in [0.2, 0.25) is 0 Å². The van der Waals surface area contributed by atoms with Gasteiger partial charge in [0.25, 0.3) is 0 Å². The summed E-state index contributed by atoms with van der Waals surface area (Å²) in [6.07, 6.45) is 48.2. The zero-order chi connectivity index (χ0) is 44.6. The van der Waals surface area contributed by atoms with Gasteiger partial charge in [-0.1, -0.05) is 206 Å². The number of unbranched alkanes of at least 4 members (excludes halogenated alkanes) is 30. The van der Waals surface area contributed by atoms with Crippen molar-refractivity contribution < 1.29 is 19.8 Å². The van der Waals surface area contributed by atoms with Crippen molar-refractivity contribution >= 4 is 22.8 Å². The van der Waals surface area contributed by atoms with E-state index in [0.29, 0.717) is 5.56 Å². The van der Waals surface area contributed by atoms with Crippen LogP contribution in [0, 0.1) is 0 Å². The lowest BCUT2D eigenvalue weighted by atomic mass is 9.79. The summed E-state index contributed by atoms with van der Waals surface area (Å²) in [7, 11) is 0. The summed E-state index contributed by atoms with van der Waals surface area (Å²) in [6, 6.07) is 5.34. The van der Waals surface area contributed by atoms with Gasteiger partial charge in [0.1, 0.15) is 11.5 Å². The highest BCUT2D eigenvalue weighted by molar-refractivity contribution is 6.41. The molecule has 1 aromatic carbocycles. The number of aliphatic hydroxyl groups is 1. The van der Waals surface area contributed by atoms with Crippen molar-refractivity contribution in [1.29, 1.82) is 0 Å². The van der Waals surface area contributed by atoms with E-state index in [0.717, 1.165) is 50.4 Å². The number of Topliss-reactive ketones (excluding diaryl/α,β-unsaturated/α-hetero) is 1. The average Bonchev–Trinajstić information content (AvgIpc) is 3.27. The van der Waals surface area contributed by atoms with Gasteiger partial charge in [-0.2, -0.15) is 0 Å². The molecular formula is C56H92N2O4. The standard InChI is InChI=1S/C56H92N2O4/c1-5-9-11-13-15-17-19-21-23-25-27-29-31-33-35-37-43-57(7-3)47-39-41-49(51(59)45-47)53-55(61)54(56(53)62)50-42-40-48(46-52(50)60)58(8-4)44-38-36-34-32-30-28-26-24-22-20-18-16-14-12-10-6-2/h39-42,45-46,59,61H,5-38,43-44H2,1-4H3/b54-50-. The Hall–Kier alpha value is -3.28. The highest BCUT2D eigenvalue weighted by Gasteiger charge is 2.39. The molecule has 2 aliphatic carbocycles. The van der Waals surface area contributed by atoms with E-state index in [1.54, 1.807) is 24.3 Å². The second-order valence-corrected chi connectivity index (χ2v) is 18.6. The van der Waals surface area contributed by atoms with Crippen LogP contribution in [0.3, 0.4) is 0 Å². The van der Waals surface area contributed by atoms with Gasteiger partial charge in [-0.25, -0.2) is 0 Å². The Labute approximate surface area is 380 Å². The molecule has 1 aromatic rings. The van der Waals surface area contributed by atoms with Crippen LogP contribution in [0.4, 0.5) is 5.69 Å². The van der Waals surface area contributed by atoms with Crippen LogP contribution in [0.25, 0.3) is 5.57 Å². The molecule has 2 N–H and O–H groups in total. The first-order valence-electron chi connectivity index (χ1n) is 26.4. The molecule has 0 spiro atoms. The molecule has 350 valence electrons. The van der Waals surface area contributed by atoms with Crippen LogP contribution < -0.4 is 4.90 Å². The summed E-state index contributed by atoms with van der Waals surface area (Å²) in [6.45, 7) is 12.2.